The van der Waals surface area contributed by atoms with Crippen molar-refractivity contribution < 1.29 is 33.6 Å². The second-order valence-electron chi connectivity index (χ2n) is 7.69. The van der Waals surface area contributed by atoms with E-state index in [2.05, 4.69) is 0 Å². The van der Waals surface area contributed by atoms with Crippen molar-refractivity contribution in [2.75, 3.05) is 21.3 Å². The lowest BCUT2D eigenvalue weighted by atomic mass is 9.90. The van der Waals surface area contributed by atoms with Crippen LogP contribution in [0.2, 0.25) is 0 Å². The third kappa shape index (κ3) is 3.15. The van der Waals surface area contributed by atoms with Gasteiger partial charge in [0, 0.05) is 17.7 Å². The molecule has 7 nitrogen and oxygen atoms in total. The van der Waals surface area contributed by atoms with Crippen molar-refractivity contribution in [1.82, 2.24) is 0 Å². The van der Waals surface area contributed by atoms with Gasteiger partial charge in [0.1, 0.15) is 39.9 Å². The molecule has 0 fully saturated rings. The van der Waals surface area contributed by atoms with Gasteiger partial charge < -0.3 is 28.8 Å². The number of benzene rings is 2. The van der Waals surface area contributed by atoms with Crippen molar-refractivity contribution in [1.29, 1.82) is 0 Å². The van der Waals surface area contributed by atoms with Gasteiger partial charge in [-0.2, -0.15) is 0 Å². The Labute approximate surface area is 174 Å². The van der Waals surface area contributed by atoms with E-state index in [0.29, 0.717) is 34.1 Å². The van der Waals surface area contributed by atoms with Crippen LogP contribution in [0.3, 0.4) is 0 Å². The minimum absolute atomic E-state index is 0.195. The molecule has 0 aromatic heterocycles. The number of carbonyl (C=O) groups excluding carboxylic acids is 1. The van der Waals surface area contributed by atoms with Gasteiger partial charge in [0.25, 0.3) is 0 Å². The number of Topliss-reactive ketones (excluding diaryl/α,β-unsaturated/α-hetero) is 1. The van der Waals surface area contributed by atoms with Crippen LogP contribution in [-0.4, -0.2) is 43.9 Å². The monoisotopic (exact) mass is 412 g/mol. The molecule has 158 valence electrons. The Morgan fingerprint density at radius 1 is 1.03 bits per heavy atom. The molecule has 0 amide bonds. The minimum atomic E-state index is -1.43. The number of hydrogen-bond donors (Lipinski definition) is 1. The SMILES string of the molecule is COc1ccc([C@H]2Oc3cc4c(c(OC)c3C(=O)[C@@H]2O)C=CC(C)(C)O4)c(OC)c1. The summed E-state index contributed by atoms with van der Waals surface area (Å²) < 4.78 is 28.4. The number of aliphatic hydroxyl groups is 1. The zero-order chi connectivity index (χ0) is 21.6. The number of rotatable bonds is 4. The largest absolute Gasteiger partial charge is 0.497 e. The first kappa shape index (κ1) is 20.1. The van der Waals surface area contributed by atoms with Crippen LogP contribution in [0.5, 0.6) is 28.7 Å². The fraction of sp³-hybridized carbons (Fsp3) is 0.348. The van der Waals surface area contributed by atoms with E-state index >= 15 is 0 Å². The van der Waals surface area contributed by atoms with E-state index in [0.717, 1.165) is 0 Å². The van der Waals surface area contributed by atoms with Crippen LogP contribution >= 0.6 is 0 Å². The molecule has 0 bridgehead atoms. The molecule has 7 heteroatoms. The van der Waals surface area contributed by atoms with Crippen molar-refractivity contribution in [2.24, 2.45) is 0 Å². The Kier molecular flexibility index (Phi) is 4.86. The number of carbonyl (C=O) groups is 1. The van der Waals surface area contributed by atoms with Crippen molar-refractivity contribution >= 4 is 11.9 Å². The molecule has 4 rings (SSSR count). The predicted octanol–water partition coefficient (Wildman–Crippen LogP) is 3.57. The van der Waals surface area contributed by atoms with Gasteiger partial charge in [0.05, 0.1) is 26.9 Å². The highest BCUT2D eigenvalue weighted by molar-refractivity contribution is 6.07. The molecule has 2 aromatic rings. The van der Waals surface area contributed by atoms with E-state index in [1.54, 1.807) is 31.4 Å². The molecule has 30 heavy (non-hydrogen) atoms. The lowest BCUT2D eigenvalue weighted by Gasteiger charge is -2.34. The van der Waals surface area contributed by atoms with Gasteiger partial charge in [0.15, 0.2) is 12.2 Å². The smallest absolute Gasteiger partial charge is 0.202 e. The van der Waals surface area contributed by atoms with Crippen molar-refractivity contribution in [3.8, 4) is 28.7 Å². The molecular weight excluding hydrogens is 388 g/mol. The maximum Gasteiger partial charge on any atom is 0.202 e. The first-order valence-corrected chi connectivity index (χ1v) is 9.53. The lowest BCUT2D eigenvalue weighted by Crippen LogP contribution is -2.37. The summed E-state index contributed by atoms with van der Waals surface area (Å²) in [4.78, 5) is 13.2. The van der Waals surface area contributed by atoms with Crippen LogP contribution in [-0.2, 0) is 0 Å². The highest BCUT2D eigenvalue weighted by Crippen LogP contribution is 2.49. The van der Waals surface area contributed by atoms with Gasteiger partial charge in [-0.25, -0.2) is 0 Å². The zero-order valence-corrected chi connectivity index (χ0v) is 17.5. The summed E-state index contributed by atoms with van der Waals surface area (Å²) in [5, 5.41) is 10.8. The average molecular weight is 412 g/mol. The van der Waals surface area contributed by atoms with Crippen molar-refractivity contribution in [3.05, 3.63) is 47.0 Å². The third-order valence-electron chi connectivity index (χ3n) is 5.28. The Bertz CT molecular complexity index is 1040. The van der Waals surface area contributed by atoms with Gasteiger partial charge in [-0.1, -0.05) is 0 Å². The lowest BCUT2D eigenvalue weighted by molar-refractivity contribution is 0.0200. The molecule has 2 atom stereocenters. The third-order valence-corrected chi connectivity index (χ3v) is 5.28. The summed E-state index contributed by atoms with van der Waals surface area (Å²) in [7, 11) is 4.53. The fourth-order valence-corrected chi connectivity index (χ4v) is 3.78. The minimum Gasteiger partial charge on any atom is -0.497 e. The summed E-state index contributed by atoms with van der Waals surface area (Å²) in [6.07, 6.45) is 1.35. The fourth-order valence-electron chi connectivity index (χ4n) is 3.78. The summed E-state index contributed by atoms with van der Waals surface area (Å²) in [5.74, 6) is 1.69. The Balaban J connectivity index is 1.84. The standard InChI is InChI=1S/C23H24O7/c1-23(2)9-8-14-16(30-23)11-17-18(21(14)28-5)19(24)20(25)22(29-17)13-7-6-12(26-3)10-15(13)27-4/h6-11,20,22,25H,1-5H3/t20-,22+/m0/s1. The molecule has 2 heterocycles. The number of methoxy groups -OCH3 is 3. The van der Waals surface area contributed by atoms with Crippen LogP contribution in [0.1, 0.15) is 41.4 Å². The number of ether oxygens (including phenoxy) is 5. The molecule has 0 spiro atoms. The van der Waals surface area contributed by atoms with Crippen LogP contribution in [0.4, 0.5) is 0 Å². The van der Waals surface area contributed by atoms with Crippen LogP contribution in [0.25, 0.3) is 6.08 Å². The van der Waals surface area contributed by atoms with Gasteiger partial charge in [-0.15, -0.1) is 0 Å². The van der Waals surface area contributed by atoms with Crippen LogP contribution in [0.15, 0.2) is 30.3 Å². The quantitative estimate of drug-likeness (QED) is 0.822. The van der Waals surface area contributed by atoms with Crippen LogP contribution in [0, 0.1) is 0 Å². The molecule has 0 aliphatic carbocycles. The summed E-state index contributed by atoms with van der Waals surface area (Å²) in [6, 6.07) is 6.78. The molecule has 2 aliphatic rings. The van der Waals surface area contributed by atoms with Gasteiger partial charge in [-0.3, -0.25) is 4.79 Å². The Hall–Kier alpha value is -3.19. The number of hydrogen-bond acceptors (Lipinski definition) is 7. The van der Waals surface area contributed by atoms with E-state index in [4.69, 9.17) is 23.7 Å². The van der Waals surface area contributed by atoms with E-state index < -0.39 is 23.6 Å². The molecule has 0 saturated carbocycles. The van der Waals surface area contributed by atoms with Crippen molar-refractivity contribution in [2.45, 2.75) is 31.7 Å². The predicted molar refractivity (Wildman–Crippen MR) is 110 cm³/mol. The molecular formula is C23H24O7. The molecule has 1 N–H and O–H groups in total. The first-order chi connectivity index (χ1) is 14.3. The highest BCUT2D eigenvalue weighted by atomic mass is 16.5. The second kappa shape index (κ2) is 7.25. The highest BCUT2D eigenvalue weighted by Gasteiger charge is 2.42. The van der Waals surface area contributed by atoms with Gasteiger partial charge in [0.2, 0.25) is 5.78 Å². The van der Waals surface area contributed by atoms with E-state index in [1.807, 2.05) is 26.0 Å². The zero-order valence-electron chi connectivity index (χ0n) is 17.5. The molecule has 0 unspecified atom stereocenters. The van der Waals surface area contributed by atoms with E-state index in [1.165, 1.54) is 14.2 Å². The van der Waals surface area contributed by atoms with Crippen LogP contribution < -0.4 is 23.7 Å². The molecule has 0 radical (unpaired) electrons. The van der Waals surface area contributed by atoms with Gasteiger partial charge in [-0.05, 0) is 38.1 Å². The Morgan fingerprint density at radius 2 is 1.80 bits per heavy atom. The summed E-state index contributed by atoms with van der Waals surface area (Å²) >= 11 is 0. The van der Waals surface area contributed by atoms with Gasteiger partial charge >= 0.3 is 0 Å². The normalized spacial score (nSPS) is 21.1. The first-order valence-electron chi connectivity index (χ1n) is 9.53. The maximum atomic E-state index is 13.2. The van der Waals surface area contributed by atoms with E-state index in [-0.39, 0.29) is 11.3 Å². The summed E-state index contributed by atoms with van der Waals surface area (Å²) in [5.41, 5.74) is 0.853. The second-order valence-corrected chi connectivity index (χ2v) is 7.69. The van der Waals surface area contributed by atoms with Crippen molar-refractivity contribution in [3.63, 3.8) is 0 Å². The average Bonchev–Trinajstić information content (AvgIpc) is 2.73. The number of aliphatic hydroxyl groups excluding tert-OH is 1. The molecule has 0 saturated heterocycles. The summed E-state index contributed by atoms with van der Waals surface area (Å²) in [6.45, 7) is 3.86. The number of ketones is 1. The Morgan fingerprint density at radius 3 is 2.47 bits per heavy atom. The topological polar surface area (TPSA) is 83.5 Å². The number of fused-ring (bicyclic) bond motifs is 2. The maximum absolute atomic E-state index is 13.2. The molecule has 2 aliphatic heterocycles. The van der Waals surface area contributed by atoms with E-state index in [9.17, 15) is 9.90 Å². The molecule has 2 aromatic carbocycles.